The average Bonchev–Trinajstić information content (AvgIpc) is 3.27. The van der Waals surface area contributed by atoms with Crippen molar-refractivity contribution in [1.29, 1.82) is 0 Å². The second-order valence-corrected chi connectivity index (χ2v) is 8.63. The lowest BCUT2D eigenvalue weighted by Gasteiger charge is -2.42. The number of benzene rings is 1. The van der Waals surface area contributed by atoms with Crippen LogP contribution in [0.4, 0.5) is 5.69 Å². The van der Waals surface area contributed by atoms with E-state index in [2.05, 4.69) is 22.5 Å². The zero-order chi connectivity index (χ0) is 21.7. The van der Waals surface area contributed by atoms with Gasteiger partial charge in [0.15, 0.2) is 0 Å². The predicted molar refractivity (Wildman–Crippen MR) is 119 cm³/mol. The normalized spacial score (nSPS) is 19.2. The third-order valence-corrected chi connectivity index (χ3v) is 6.70. The van der Waals surface area contributed by atoms with Crippen molar-refractivity contribution >= 4 is 17.5 Å². The molecule has 166 valence electrons. The van der Waals surface area contributed by atoms with Gasteiger partial charge in [0.1, 0.15) is 0 Å². The van der Waals surface area contributed by atoms with Crippen LogP contribution >= 0.6 is 0 Å². The van der Waals surface area contributed by atoms with Gasteiger partial charge in [-0.05, 0) is 44.1 Å². The SMILES string of the molecule is CCn1cc(NC(=O)CC2CCN(C(=O)C3(c4ccccc4)CCOCC3)CC2)cn1. The summed E-state index contributed by atoms with van der Waals surface area (Å²) in [5, 5.41) is 7.13. The molecule has 4 rings (SSSR count). The van der Waals surface area contributed by atoms with Crippen molar-refractivity contribution in [3.8, 4) is 0 Å². The van der Waals surface area contributed by atoms with Crippen molar-refractivity contribution in [2.75, 3.05) is 31.6 Å². The predicted octanol–water partition coefficient (Wildman–Crippen LogP) is 3.22. The summed E-state index contributed by atoms with van der Waals surface area (Å²) in [6.45, 7) is 5.44. The Labute approximate surface area is 183 Å². The fourth-order valence-corrected chi connectivity index (χ4v) is 4.82. The number of hydrogen-bond acceptors (Lipinski definition) is 4. The molecular weight excluding hydrogens is 392 g/mol. The summed E-state index contributed by atoms with van der Waals surface area (Å²) in [6, 6.07) is 10.1. The van der Waals surface area contributed by atoms with Gasteiger partial charge in [-0.15, -0.1) is 0 Å². The molecule has 2 aliphatic heterocycles. The van der Waals surface area contributed by atoms with Crippen molar-refractivity contribution in [3.05, 3.63) is 48.3 Å². The van der Waals surface area contributed by atoms with E-state index in [0.717, 1.165) is 43.5 Å². The number of piperidine rings is 1. The first kappa shape index (κ1) is 21.6. The van der Waals surface area contributed by atoms with Crippen LogP contribution in [-0.4, -0.2) is 52.8 Å². The number of nitrogens with zero attached hydrogens (tertiary/aromatic N) is 3. The summed E-state index contributed by atoms with van der Waals surface area (Å²) < 4.78 is 7.37. The highest BCUT2D eigenvalue weighted by Crippen LogP contribution is 2.38. The first-order valence-corrected chi connectivity index (χ1v) is 11.4. The number of anilines is 1. The lowest BCUT2D eigenvalue weighted by molar-refractivity contribution is -0.142. The van der Waals surface area contributed by atoms with E-state index in [9.17, 15) is 9.59 Å². The van der Waals surface area contributed by atoms with Crippen LogP contribution in [0.1, 0.15) is 44.6 Å². The fraction of sp³-hybridized carbons (Fsp3) is 0.542. The monoisotopic (exact) mass is 424 g/mol. The number of likely N-dealkylation sites (tertiary alicyclic amines) is 1. The van der Waals surface area contributed by atoms with E-state index < -0.39 is 5.41 Å². The molecule has 3 heterocycles. The van der Waals surface area contributed by atoms with Gasteiger partial charge < -0.3 is 15.0 Å². The molecule has 2 aromatic rings. The molecule has 0 atom stereocenters. The summed E-state index contributed by atoms with van der Waals surface area (Å²) in [6.07, 6.45) is 7.17. The van der Waals surface area contributed by atoms with Crippen LogP contribution in [0, 0.1) is 5.92 Å². The van der Waals surface area contributed by atoms with Crippen molar-refractivity contribution < 1.29 is 14.3 Å². The summed E-state index contributed by atoms with van der Waals surface area (Å²) >= 11 is 0. The molecule has 7 nitrogen and oxygen atoms in total. The molecule has 2 aliphatic rings. The van der Waals surface area contributed by atoms with Gasteiger partial charge in [-0.1, -0.05) is 30.3 Å². The van der Waals surface area contributed by atoms with E-state index in [1.165, 1.54) is 0 Å². The molecule has 0 aliphatic carbocycles. The van der Waals surface area contributed by atoms with Crippen molar-refractivity contribution in [2.24, 2.45) is 5.92 Å². The van der Waals surface area contributed by atoms with Crippen molar-refractivity contribution in [2.45, 2.75) is 51.0 Å². The smallest absolute Gasteiger partial charge is 0.233 e. The van der Waals surface area contributed by atoms with Gasteiger partial charge in [-0.2, -0.15) is 5.10 Å². The van der Waals surface area contributed by atoms with Crippen LogP contribution in [-0.2, 0) is 26.3 Å². The highest BCUT2D eigenvalue weighted by molar-refractivity contribution is 5.91. The minimum absolute atomic E-state index is 0.0191. The molecule has 1 aromatic carbocycles. The number of aromatic nitrogens is 2. The Bertz CT molecular complexity index is 881. The number of aryl methyl sites for hydroxylation is 1. The second-order valence-electron chi connectivity index (χ2n) is 8.63. The van der Waals surface area contributed by atoms with E-state index in [-0.39, 0.29) is 11.8 Å². The van der Waals surface area contributed by atoms with Gasteiger partial charge in [-0.25, -0.2) is 0 Å². The Morgan fingerprint density at radius 2 is 1.87 bits per heavy atom. The van der Waals surface area contributed by atoms with E-state index in [4.69, 9.17) is 4.74 Å². The average molecular weight is 425 g/mol. The Kier molecular flexibility index (Phi) is 6.70. The molecule has 1 N–H and O–H groups in total. The first-order valence-electron chi connectivity index (χ1n) is 11.4. The fourth-order valence-electron chi connectivity index (χ4n) is 4.82. The van der Waals surface area contributed by atoms with Gasteiger partial charge >= 0.3 is 0 Å². The van der Waals surface area contributed by atoms with Crippen LogP contribution in [0.2, 0.25) is 0 Å². The molecule has 0 spiro atoms. The quantitative estimate of drug-likeness (QED) is 0.773. The van der Waals surface area contributed by atoms with Crippen LogP contribution in [0.5, 0.6) is 0 Å². The Balaban J connectivity index is 1.34. The number of carbonyl (C=O) groups excluding carboxylic acids is 2. The van der Waals surface area contributed by atoms with E-state index in [0.29, 0.717) is 38.6 Å². The van der Waals surface area contributed by atoms with Crippen molar-refractivity contribution in [1.82, 2.24) is 14.7 Å². The maximum Gasteiger partial charge on any atom is 0.233 e. The molecular formula is C24H32N4O3. The van der Waals surface area contributed by atoms with Crippen molar-refractivity contribution in [3.63, 3.8) is 0 Å². The van der Waals surface area contributed by atoms with Gasteiger partial charge in [-0.3, -0.25) is 14.3 Å². The van der Waals surface area contributed by atoms with Crippen LogP contribution in [0.15, 0.2) is 42.7 Å². The first-order chi connectivity index (χ1) is 15.1. The standard InChI is InChI=1S/C24H32N4O3/c1-2-28-18-21(17-25-28)26-22(29)16-19-8-12-27(13-9-19)23(30)24(10-14-31-15-11-24)20-6-4-3-5-7-20/h3-7,17-19H,2,8-16H2,1H3,(H,26,29). The number of ether oxygens (including phenoxy) is 1. The third-order valence-electron chi connectivity index (χ3n) is 6.70. The topological polar surface area (TPSA) is 76.5 Å². The van der Waals surface area contributed by atoms with Gasteiger partial charge in [0.25, 0.3) is 0 Å². The van der Waals surface area contributed by atoms with Crippen LogP contribution in [0.3, 0.4) is 0 Å². The highest BCUT2D eigenvalue weighted by atomic mass is 16.5. The van der Waals surface area contributed by atoms with E-state index in [1.54, 1.807) is 10.9 Å². The molecule has 7 heteroatoms. The Morgan fingerprint density at radius 1 is 1.16 bits per heavy atom. The Morgan fingerprint density at radius 3 is 2.52 bits per heavy atom. The summed E-state index contributed by atoms with van der Waals surface area (Å²) in [5.74, 6) is 0.537. The second kappa shape index (κ2) is 9.64. The number of nitrogens with one attached hydrogen (secondary N) is 1. The zero-order valence-corrected chi connectivity index (χ0v) is 18.3. The van der Waals surface area contributed by atoms with E-state index >= 15 is 0 Å². The van der Waals surface area contributed by atoms with Gasteiger partial charge in [0.05, 0.1) is 17.3 Å². The summed E-state index contributed by atoms with van der Waals surface area (Å²) in [5.41, 5.74) is 1.35. The molecule has 0 bridgehead atoms. The minimum Gasteiger partial charge on any atom is -0.381 e. The maximum absolute atomic E-state index is 13.7. The van der Waals surface area contributed by atoms with Crippen LogP contribution < -0.4 is 5.32 Å². The largest absolute Gasteiger partial charge is 0.381 e. The third kappa shape index (κ3) is 4.82. The summed E-state index contributed by atoms with van der Waals surface area (Å²) in [4.78, 5) is 28.1. The lowest BCUT2D eigenvalue weighted by Crippen LogP contribution is -2.52. The molecule has 0 unspecified atom stereocenters. The molecule has 2 fully saturated rings. The molecule has 2 saturated heterocycles. The molecule has 2 amide bonds. The number of amides is 2. The zero-order valence-electron chi connectivity index (χ0n) is 18.3. The number of rotatable bonds is 6. The maximum atomic E-state index is 13.7. The number of carbonyl (C=O) groups is 2. The summed E-state index contributed by atoms with van der Waals surface area (Å²) in [7, 11) is 0. The number of hydrogen-bond donors (Lipinski definition) is 1. The lowest BCUT2D eigenvalue weighted by atomic mass is 9.72. The Hall–Kier alpha value is -2.67. The van der Waals surface area contributed by atoms with Gasteiger partial charge in [0, 0.05) is 45.5 Å². The molecule has 0 saturated carbocycles. The van der Waals surface area contributed by atoms with Crippen LogP contribution in [0.25, 0.3) is 0 Å². The minimum atomic E-state index is -0.483. The van der Waals surface area contributed by atoms with E-state index in [1.807, 2.05) is 36.2 Å². The highest BCUT2D eigenvalue weighted by Gasteiger charge is 2.44. The molecule has 0 radical (unpaired) electrons. The molecule has 1 aromatic heterocycles. The van der Waals surface area contributed by atoms with Gasteiger partial charge in [0.2, 0.25) is 11.8 Å². The molecule has 31 heavy (non-hydrogen) atoms.